The molecule has 0 saturated heterocycles. The molecule has 1 aromatic carbocycles. The molecule has 0 aliphatic rings. The first kappa shape index (κ1) is 14.5. The van der Waals surface area contributed by atoms with E-state index in [1.807, 2.05) is 12.1 Å². The molecule has 4 nitrogen and oxygen atoms in total. The second-order valence-electron chi connectivity index (χ2n) is 4.95. The molecule has 0 fully saturated rings. The summed E-state index contributed by atoms with van der Waals surface area (Å²) in [6, 6.07) is 6.11. The van der Waals surface area contributed by atoms with Crippen molar-refractivity contribution in [2.75, 3.05) is 6.54 Å². The van der Waals surface area contributed by atoms with Crippen molar-refractivity contribution >= 4 is 0 Å². The smallest absolute Gasteiger partial charge is 0.238 e. The first-order valence-corrected chi connectivity index (χ1v) is 6.95. The number of aryl methyl sites for hydroxylation is 2. The fourth-order valence-corrected chi connectivity index (χ4v) is 2.03. The molecule has 2 rings (SSSR count). The zero-order chi connectivity index (χ0) is 14.4. The van der Waals surface area contributed by atoms with Crippen molar-refractivity contribution in [1.29, 1.82) is 0 Å². The highest BCUT2D eigenvalue weighted by Crippen LogP contribution is 2.21. The van der Waals surface area contributed by atoms with Crippen LogP contribution >= 0.6 is 0 Å². The Balaban J connectivity index is 2.07. The lowest BCUT2D eigenvalue weighted by Gasteiger charge is -2.08. The third-order valence-electron chi connectivity index (χ3n) is 2.81. The van der Waals surface area contributed by atoms with Gasteiger partial charge in [-0.15, -0.1) is 0 Å². The fourth-order valence-electron chi connectivity index (χ4n) is 2.03. The third-order valence-corrected chi connectivity index (χ3v) is 2.81. The van der Waals surface area contributed by atoms with Crippen LogP contribution in [0.5, 0.6) is 11.6 Å². The van der Waals surface area contributed by atoms with Crippen LogP contribution in [0.15, 0.2) is 30.6 Å². The van der Waals surface area contributed by atoms with E-state index in [2.05, 4.69) is 42.1 Å². The van der Waals surface area contributed by atoms with Crippen molar-refractivity contribution in [3.8, 4) is 11.6 Å². The topological polar surface area (TPSA) is 47.0 Å². The summed E-state index contributed by atoms with van der Waals surface area (Å²) in [5.74, 6) is 1.33. The van der Waals surface area contributed by atoms with Crippen LogP contribution < -0.4 is 10.1 Å². The van der Waals surface area contributed by atoms with Crippen LogP contribution in [0, 0.1) is 13.8 Å². The van der Waals surface area contributed by atoms with Crippen molar-refractivity contribution < 1.29 is 4.74 Å². The average molecular weight is 271 g/mol. The van der Waals surface area contributed by atoms with E-state index in [1.54, 1.807) is 12.4 Å². The summed E-state index contributed by atoms with van der Waals surface area (Å²) in [6.45, 7) is 7.93. The van der Waals surface area contributed by atoms with Gasteiger partial charge in [0.05, 0.1) is 11.9 Å². The van der Waals surface area contributed by atoms with Gasteiger partial charge in [-0.1, -0.05) is 13.0 Å². The predicted octanol–water partition coefficient (Wildman–Crippen LogP) is 3.39. The Morgan fingerprint density at radius 2 is 1.85 bits per heavy atom. The van der Waals surface area contributed by atoms with Gasteiger partial charge < -0.3 is 10.1 Å². The zero-order valence-corrected chi connectivity index (χ0v) is 12.3. The number of nitrogens with one attached hydrogen (secondary N) is 1. The van der Waals surface area contributed by atoms with Gasteiger partial charge in [-0.25, -0.2) is 4.98 Å². The molecule has 0 bridgehead atoms. The van der Waals surface area contributed by atoms with E-state index < -0.39 is 0 Å². The van der Waals surface area contributed by atoms with Crippen molar-refractivity contribution in [3.63, 3.8) is 0 Å². The molecule has 2 aromatic rings. The van der Waals surface area contributed by atoms with Gasteiger partial charge in [0.1, 0.15) is 5.75 Å². The molecule has 0 aliphatic carbocycles. The highest BCUT2D eigenvalue weighted by atomic mass is 16.5. The number of aromatic nitrogens is 2. The fraction of sp³-hybridized carbons (Fsp3) is 0.375. The number of nitrogens with zero attached hydrogens (tertiary/aromatic N) is 2. The summed E-state index contributed by atoms with van der Waals surface area (Å²) in [5.41, 5.74) is 3.24. The molecular weight excluding hydrogens is 250 g/mol. The van der Waals surface area contributed by atoms with E-state index in [9.17, 15) is 0 Å². The van der Waals surface area contributed by atoms with E-state index in [-0.39, 0.29) is 0 Å². The van der Waals surface area contributed by atoms with E-state index in [0.717, 1.165) is 24.4 Å². The van der Waals surface area contributed by atoms with Crippen molar-refractivity contribution in [2.24, 2.45) is 0 Å². The highest BCUT2D eigenvalue weighted by Gasteiger charge is 2.03. The Labute approximate surface area is 120 Å². The van der Waals surface area contributed by atoms with Crippen LogP contribution in [0.1, 0.15) is 30.2 Å². The van der Waals surface area contributed by atoms with Gasteiger partial charge in [-0.05, 0) is 50.1 Å². The lowest BCUT2D eigenvalue weighted by atomic mass is 10.1. The Kier molecular flexibility index (Phi) is 5.07. The van der Waals surface area contributed by atoms with Gasteiger partial charge in [0.2, 0.25) is 5.88 Å². The van der Waals surface area contributed by atoms with Crippen LogP contribution in [-0.2, 0) is 6.54 Å². The van der Waals surface area contributed by atoms with Crippen molar-refractivity contribution in [1.82, 2.24) is 15.3 Å². The molecule has 20 heavy (non-hydrogen) atoms. The van der Waals surface area contributed by atoms with Gasteiger partial charge in [-0.2, -0.15) is 0 Å². The van der Waals surface area contributed by atoms with Crippen LogP contribution in [0.3, 0.4) is 0 Å². The summed E-state index contributed by atoms with van der Waals surface area (Å²) >= 11 is 0. The number of rotatable bonds is 6. The van der Waals surface area contributed by atoms with Gasteiger partial charge in [-0.3, -0.25) is 4.98 Å². The molecule has 1 heterocycles. The summed E-state index contributed by atoms with van der Waals surface area (Å²) in [7, 11) is 0. The van der Waals surface area contributed by atoms with Gasteiger partial charge >= 0.3 is 0 Å². The molecule has 0 saturated carbocycles. The number of hydrogen-bond acceptors (Lipinski definition) is 4. The normalized spacial score (nSPS) is 10.6. The molecule has 4 heteroatoms. The first-order chi connectivity index (χ1) is 9.67. The summed E-state index contributed by atoms with van der Waals surface area (Å²) < 4.78 is 5.79. The van der Waals surface area contributed by atoms with Crippen molar-refractivity contribution in [2.45, 2.75) is 33.7 Å². The molecule has 0 amide bonds. The van der Waals surface area contributed by atoms with E-state index in [1.165, 1.54) is 11.1 Å². The largest absolute Gasteiger partial charge is 0.437 e. The van der Waals surface area contributed by atoms with E-state index in [4.69, 9.17) is 4.74 Å². The average Bonchev–Trinajstić information content (AvgIpc) is 2.38. The highest BCUT2D eigenvalue weighted by molar-refractivity contribution is 5.35. The molecule has 0 radical (unpaired) electrons. The molecule has 0 aliphatic heterocycles. The minimum Gasteiger partial charge on any atom is -0.437 e. The summed E-state index contributed by atoms with van der Waals surface area (Å²) in [6.07, 6.45) is 4.50. The molecule has 0 unspecified atom stereocenters. The van der Waals surface area contributed by atoms with E-state index >= 15 is 0 Å². The monoisotopic (exact) mass is 271 g/mol. The molecule has 106 valence electrons. The lowest BCUT2D eigenvalue weighted by Crippen LogP contribution is -2.15. The minimum atomic E-state index is 0.533. The van der Waals surface area contributed by atoms with Gasteiger partial charge in [0, 0.05) is 12.7 Å². The standard InChI is InChI=1S/C16H21N3O/c1-4-5-17-9-14-10-18-11-16(19-14)20-15-7-12(2)6-13(3)8-15/h6-8,10-11,17H,4-5,9H2,1-3H3. The number of benzene rings is 1. The third kappa shape index (κ3) is 4.31. The molecule has 0 spiro atoms. The first-order valence-electron chi connectivity index (χ1n) is 6.95. The quantitative estimate of drug-likeness (QED) is 0.818. The number of hydrogen-bond donors (Lipinski definition) is 1. The van der Waals surface area contributed by atoms with Crippen LogP contribution in [0.2, 0.25) is 0 Å². The van der Waals surface area contributed by atoms with Crippen LogP contribution in [-0.4, -0.2) is 16.5 Å². The maximum Gasteiger partial charge on any atom is 0.238 e. The second-order valence-corrected chi connectivity index (χ2v) is 4.95. The molecule has 0 atom stereocenters. The second kappa shape index (κ2) is 7.01. The SMILES string of the molecule is CCCNCc1cncc(Oc2cc(C)cc(C)c2)n1. The maximum atomic E-state index is 5.79. The predicted molar refractivity (Wildman–Crippen MR) is 80.0 cm³/mol. The number of ether oxygens (including phenoxy) is 1. The van der Waals surface area contributed by atoms with Crippen LogP contribution in [0.4, 0.5) is 0 Å². The van der Waals surface area contributed by atoms with Crippen molar-refractivity contribution in [3.05, 3.63) is 47.4 Å². The van der Waals surface area contributed by atoms with Gasteiger partial charge in [0.25, 0.3) is 0 Å². The van der Waals surface area contributed by atoms with Crippen LogP contribution in [0.25, 0.3) is 0 Å². The van der Waals surface area contributed by atoms with E-state index in [0.29, 0.717) is 12.4 Å². The molecular formula is C16H21N3O. The van der Waals surface area contributed by atoms with Gasteiger partial charge in [0.15, 0.2) is 0 Å². The lowest BCUT2D eigenvalue weighted by molar-refractivity contribution is 0.455. The summed E-state index contributed by atoms with van der Waals surface area (Å²) in [4.78, 5) is 8.63. The molecule has 1 N–H and O–H groups in total. The Morgan fingerprint density at radius 3 is 2.55 bits per heavy atom. The Bertz CT molecular complexity index is 549. The Hall–Kier alpha value is -1.94. The molecule has 1 aromatic heterocycles. The minimum absolute atomic E-state index is 0.533. The summed E-state index contributed by atoms with van der Waals surface area (Å²) in [5, 5.41) is 3.30. The maximum absolute atomic E-state index is 5.79. The zero-order valence-electron chi connectivity index (χ0n) is 12.3. The Morgan fingerprint density at radius 1 is 1.10 bits per heavy atom.